The molecule has 1 heterocycles. The second-order valence-corrected chi connectivity index (χ2v) is 6.05. The molecule has 1 aliphatic carbocycles. The number of hydrogen-bond acceptors (Lipinski definition) is 3. The van der Waals surface area contributed by atoms with Gasteiger partial charge in [0, 0.05) is 37.2 Å². The summed E-state index contributed by atoms with van der Waals surface area (Å²) in [5.74, 6) is 0. The number of halogens is 1. The zero-order valence-corrected chi connectivity index (χ0v) is 12.6. The van der Waals surface area contributed by atoms with E-state index in [1.165, 1.54) is 0 Å². The summed E-state index contributed by atoms with van der Waals surface area (Å²) in [5.41, 5.74) is 2.23. The third-order valence-electron chi connectivity index (χ3n) is 4.00. The highest BCUT2D eigenvalue weighted by Gasteiger charge is 2.41. The minimum absolute atomic E-state index is 0.137. The van der Waals surface area contributed by atoms with Gasteiger partial charge < -0.3 is 10.4 Å². The molecular weight excluding hydrogens is 262 g/mol. The molecule has 1 fully saturated rings. The summed E-state index contributed by atoms with van der Waals surface area (Å²) in [4.78, 5) is 0. The van der Waals surface area contributed by atoms with Crippen LogP contribution >= 0.6 is 11.6 Å². The third-order valence-corrected chi connectivity index (χ3v) is 4.42. The molecule has 1 aromatic heterocycles. The van der Waals surface area contributed by atoms with Crippen molar-refractivity contribution in [2.45, 2.75) is 52.6 Å². The number of unbranched alkanes of at least 4 members (excludes halogenated alkanes) is 1. The van der Waals surface area contributed by atoms with Crippen LogP contribution in [0.3, 0.4) is 0 Å². The molecule has 0 saturated heterocycles. The molecule has 2 N–H and O–H groups in total. The third kappa shape index (κ3) is 3.50. The van der Waals surface area contributed by atoms with E-state index in [0.717, 1.165) is 61.7 Å². The van der Waals surface area contributed by atoms with Gasteiger partial charge in [0.05, 0.1) is 5.69 Å². The van der Waals surface area contributed by atoms with E-state index in [2.05, 4.69) is 17.3 Å². The van der Waals surface area contributed by atoms with Gasteiger partial charge in [-0.3, -0.25) is 4.68 Å². The molecular formula is C14H24ClN3O. The number of aryl methyl sites for hydroxylation is 2. The molecule has 0 aliphatic heterocycles. The van der Waals surface area contributed by atoms with Crippen molar-refractivity contribution in [1.29, 1.82) is 0 Å². The molecule has 0 radical (unpaired) electrons. The second kappa shape index (κ2) is 6.25. The van der Waals surface area contributed by atoms with Crippen molar-refractivity contribution in [3.05, 3.63) is 16.4 Å². The van der Waals surface area contributed by atoms with E-state index in [1.807, 2.05) is 11.6 Å². The Morgan fingerprint density at radius 1 is 1.47 bits per heavy atom. The molecule has 5 heteroatoms. The minimum Gasteiger partial charge on any atom is -0.396 e. The van der Waals surface area contributed by atoms with Crippen molar-refractivity contribution in [3.8, 4) is 0 Å². The maximum atomic E-state index is 9.28. The van der Waals surface area contributed by atoms with Crippen LogP contribution < -0.4 is 5.32 Å². The number of aliphatic hydroxyl groups is 1. The lowest BCUT2D eigenvalue weighted by molar-refractivity contribution is 0.207. The summed E-state index contributed by atoms with van der Waals surface area (Å²) in [6, 6.07) is 0. The molecule has 0 unspecified atom stereocenters. The summed E-state index contributed by atoms with van der Waals surface area (Å²) in [6.45, 7) is 6.93. The fourth-order valence-electron chi connectivity index (χ4n) is 2.27. The SMILES string of the molecule is CCCCn1nc(C)c(CNCC2(CO)CC2)c1Cl. The van der Waals surface area contributed by atoms with Crippen LogP contribution in [0.5, 0.6) is 0 Å². The Kier molecular flexibility index (Phi) is 4.87. The van der Waals surface area contributed by atoms with E-state index in [0.29, 0.717) is 0 Å². The smallest absolute Gasteiger partial charge is 0.131 e. The first-order valence-electron chi connectivity index (χ1n) is 7.15. The zero-order valence-electron chi connectivity index (χ0n) is 11.9. The largest absolute Gasteiger partial charge is 0.396 e. The zero-order chi connectivity index (χ0) is 13.9. The van der Waals surface area contributed by atoms with Gasteiger partial charge in [0.15, 0.2) is 0 Å². The Labute approximate surface area is 120 Å². The van der Waals surface area contributed by atoms with Crippen molar-refractivity contribution in [2.24, 2.45) is 5.41 Å². The lowest BCUT2D eigenvalue weighted by Crippen LogP contribution is -2.26. The summed E-state index contributed by atoms with van der Waals surface area (Å²) in [7, 11) is 0. The summed E-state index contributed by atoms with van der Waals surface area (Å²) in [6.07, 6.45) is 4.49. The molecule has 0 spiro atoms. The van der Waals surface area contributed by atoms with Crippen molar-refractivity contribution in [1.82, 2.24) is 15.1 Å². The maximum Gasteiger partial charge on any atom is 0.131 e. The van der Waals surface area contributed by atoms with Gasteiger partial charge in [-0.15, -0.1) is 0 Å². The fourth-order valence-corrected chi connectivity index (χ4v) is 2.59. The molecule has 0 aromatic carbocycles. The molecule has 4 nitrogen and oxygen atoms in total. The average Bonchev–Trinajstić information content (AvgIpc) is 3.13. The molecule has 0 atom stereocenters. The van der Waals surface area contributed by atoms with E-state index in [4.69, 9.17) is 11.6 Å². The summed E-state index contributed by atoms with van der Waals surface area (Å²) >= 11 is 6.38. The average molecular weight is 286 g/mol. The van der Waals surface area contributed by atoms with Crippen molar-refractivity contribution in [2.75, 3.05) is 13.2 Å². The first-order valence-corrected chi connectivity index (χ1v) is 7.53. The van der Waals surface area contributed by atoms with Crippen LogP contribution in [-0.4, -0.2) is 28.0 Å². The normalized spacial score (nSPS) is 16.8. The highest BCUT2D eigenvalue weighted by atomic mass is 35.5. The van der Waals surface area contributed by atoms with Gasteiger partial charge in [-0.05, 0) is 26.2 Å². The first-order chi connectivity index (χ1) is 9.12. The molecule has 1 saturated carbocycles. The Bertz CT molecular complexity index is 427. The lowest BCUT2D eigenvalue weighted by atomic mass is 10.1. The lowest BCUT2D eigenvalue weighted by Gasteiger charge is -2.12. The van der Waals surface area contributed by atoms with Crippen LogP contribution in [-0.2, 0) is 13.1 Å². The topological polar surface area (TPSA) is 50.1 Å². The Morgan fingerprint density at radius 2 is 2.21 bits per heavy atom. The van der Waals surface area contributed by atoms with Crippen LogP contribution in [0.25, 0.3) is 0 Å². The Hall–Kier alpha value is -0.580. The quantitative estimate of drug-likeness (QED) is 0.772. The van der Waals surface area contributed by atoms with E-state index in [-0.39, 0.29) is 12.0 Å². The first kappa shape index (κ1) is 14.8. The fraction of sp³-hybridized carbons (Fsp3) is 0.786. The number of nitrogens with zero attached hydrogens (tertiary/aromatic N) is 2. The standard InChI is InChI=1S/C14H24ClN3O/c1-3-4-7-18-13(15)12(11(2)17-18)8-16-9-14(10-19)5-6-14/h16,19H,3-10H2,1-2H3. The number of aromatic nitrogens is 2. The summed E-state index contributed by atoms with van der Waals surface area (Å²) < 4.78 is 1.90. The van der Waals surface area contributed by atoms with Crippen molar-refractivity contribution in [3.63, 3.8) is 0 Å². The van der Waals surface area contributed by atoms with Gasteiger partial charge in [-0.2, -0.15) is 5.10 Å². The molecule has 2 rings (SSSR count). The molecule has 0 amide bonds. The van der Waals surface area contributed by atoms with Gasteiger partial charge in [0.2, 0.25) is 0 Å². The predicted octanol–water partition coefficient (Wildman–Crippen LogP) is 2.51. The molecule has 1 aliphatic rings. The molecule has 19 heavy (non-hydrogen) atoms. The monoisotopic (exact) mass is 285 g/mol. The van der Waals surface area contributed by atoms with E-state index in [1.54, 1.807) is 0 Å². The van der Waals surface area contributed by atoms with Gasteiger partial charge in [0.25, 0.3) is 0 Å². The van der Waals surface area contributed by atoms with Crippen LogP contribution in [0.4, 0.5) is 0 Å². The van der Waals surface area contributed by atoms with Crippen LogP contribution in [0.15, 0.2) is 0 Å². The predicted molar refractivity (Wildman–Crippen MR) is 77.3 cm³/mol. The van der Waals surface area contributed by atoms with Crippen LogP contribution in [0, 0.1) is 12.3 Å². The number of hydrogen-bond donors (Lipinski definition) is 2. The number of rotatable bonds is 8. The summed E-state index contributed by atoms with van der Waals surface area (Å²) in [5, 5.41) is 17.9. The van der Waals surface area contributed by atoms with E-state index < -0.39 is 0 Å². The highest BCUT2D eigenvalue weighted by molar-refractivity contribution is 6.30. The maximum absolute atomic E-state index is 9.28. The van der Waals surface area contributed by atoms with Gasteiger partial charge in [0.1, 0.15) is 5.15 Å². The minimum atomic E-state index is 0.137. The van der Waals surface area contributed by atoms with E-state index in [9.17, 15) is 5.11 Å². The Balaban J connectivity index is 1.90. The highest BCUT2D eigenvalue weighted by Crippen LogP contribution is 2.44. The van der Waals surface area contributed by atoms with Crippen LogP contribution in [0.2, 0.25) is 5.15 Å². The Morgan fingerprint density at radius 3 is 2.79 bits per heavy atom. The molecule has 108 valence electrons. The molecule has 0 bridgehead atoms. The van der Waals surface area contributed by atoms with Crippen molar-refractivity contribution >= 4 is 11.6 Å². The van der Waals surface area contributed by atoms with Gasteiger partial charge in [-0.25, -0.2) is 0 Å². The molecule has 1 aromatic rings. The van der Waals surface area contributed by atoms with Gasteiger partial charge >= 0.3 is 0 Å². The van der Waals surface area contributed by atoms with Crippen LogP contribution in [0.1, 0.15) is 43.9 Å². The van der Waals surface area contributed by atoms with Crippen molar-refractivity contribution < 1.29 is 5.11 Å². The number of nitrogens with one attached hydrogen (secondary N) is 1. The van der Waals surface area contributed by atoms with Gasteiger partial charge in [-0.1, -0.05) is 24.9 Å². The number of aliphatic hydroxyl groups excluding tert-OH is 1. The second-order valence-electron chi connectivity index (χ2n) is 5.69. The van der Waals surface area contributed by atoms with E-state index >= 15 is 0 Å².